The van der Waals surface area contributed by atoms with E-state index in [2.05, 4.69) is 31.1 Å². The smallest absolute Gasteiger partial charge is 0.130 e. The van der Waals surface area contributed by atoms with E-state index in [-0.39, 0.29) is 17.5 Å². The van der Waals surface area contributed by atoms with Crippen molar-refractivity contribution in [3.8, 4) is 0 Å². The van der Waals surface area contributed by atoms with Crippen LogP contribution in [0, 0.1) is 18.6 Å². The summed E-state index contributed by atoms with van der Waals surface area (Å²) in [5, 5.41) is 4.48. The molecule has 0 saturated heterocycles. The van der Waals surface area contributed by atoms with Gasteiger partial charge in [-0.3, -0.25) is 0 Å². The predicted octanol–water partition coefficient (Wildman–Crippen LogP) is 5.44. The molecular weight excluding hydrogens is 314 g/mol. The highest BCUT2D eigenvalue weighted by atomic mass is 32.1. The summed E-state index contributed by atoms with van der Waals surface area (Å²) in [6.07, 6.45) is 0. The molecule has 23 heavy (non-hydrogen) atoms. The van der Waals surface area contributed by atoms with E-state index < -0.39 is 11.6 Å². The van der Waals surface area contributed by atoms with Crippen LogP contribution in [0.4, 0.5) is 8.78 Å². The van der Waals surface area contributed by atoms with Crippen molar-refractivity contribution in [2.75, 3.05) is 0 Å². The Morgan fingerprint density at radius 2 is 1.78 bits per heavy atom. The quantitative estimate of drug-likeness (QED) is 0.803. The third kappa shape index (κ3) is 4.15. The van der Waals surface area contributed by atoms with Gasteiger partial charge >= 0.3 is 0 Å². The van der Waals surface area contributed by atoms with Crippen LogP contribution < -0.4 is 5.32 Å². The molecule has 2 rings (SSSR count). The van der Waals surface area contributed by atoms with Crippen molar-refractivity contribution >= 4 is 11.3 Å². The zero-order valence-corrected chi connectivity index (χ0v) is 15.3. The largest absolute Gasteiger partial charge is 0.303 e. The SMILES string of the molecule is Cc1nc(C(C)(C)C)sc1C(C)NC(C)c1ccc(F)cc1F. The number of hydrogen-bond donors (Lipinski definition) is 1. The van der Waals surface area contributed by atoms with Gasteiger partial charge in [-0.25, -0.2) is 13.8 Å². The van der Waals surface area contributed by atoms with Crippen LogP contribution in [0.15, 0.2) is 18.2 Å². The van der Waals surface area contributed by atoms with Crippen LogP contribution in [-0.2, 0) is 5.41 Å². The Balaban J connectivity index is 2.18. The maximum Gasteiger partial charge on any atom is 0.130 e. The van der Waals surface area contributed by atoms with Gasteiger partial charge in [0.15, 0.2) is 0 Å². The van der Waals surface area contributed by atoms with Crippen molar-refractivity contribution in [1.82, 2.24) is 10.3 Å². The topological polar surface area (TPSA) is 24.9 Å². The normalized spacial score (nSPS) is 14.8. The number of aryl methyl sites for hydroxylation is 1. The molecule has 0 aliphatic heterocycles. The molecular formula is C18H24F2N2S. The molecule has 1 aromatic carbocycles. The second-order valence-electron chi connectivity index (χ2n) is 6.99. The van der Waals surface area contributed by atoms with Gasteiger partial charge in [0.1, 0.15) is 11.6 Å². The number of halogens is 2. The van der Waals surface area contributed by atoms with Gasteiger partial charge in [0, 0.05) is 34.0 Å². The Hall–Kier alpha value is -1.33. The van der Waals surface area contributed by atoms with Crippen LogP contribution in [0.1, 0.15) is 67.8 Å². The molecule has 126 valence electrons. The molecule has 0 bridgehead atoms. The zero-order valence-electron chi connectivity index (χ0n) is 14.5. The average molecular weight is 338 g/mol. The van der Waals surface area contributed by atoms with E-state index in [9.17, 15) is 8.78 Å². The van der Waals surface area contributed by atoms with E-state index >= 15 is 0 Å². The minimum atomic E-state index is -0.556. The van der Waals surface area contributed by atoms with Crippen LogP contribution in [0.2, 0.25) is 0 Å². The Morgan fingerprint density at radius 3 is 2.30 bits per heavy atom. The second-order valence-corrected chi connectivity index (χ2v) is 8.03. The van der Waals surface area contributed by atoms with Crippen LogP contribution in [-0.4, -0.2) is 4.98 Å². The van der Waals surface area contributed by atoms with Gasteiger partial charge in [-0.15, -0.1) is 11.3 Å². The molecule has 1 aromatic heterocycles. The Morgan fingerprint density at radius 1 is 1.13 bits per heavy atom. The first-order chi connectivity index (χ1) is 10.6. The first-order valence-electron chi connectivity index (χ1n) is 7.78. The lowest BCUT2D eigenvalue weighted by Gasteiger charge is -2.20. The molecule has 0 aliphatic rings. The van der Waals surface area contributed by atoms with E-state index in [1.807, 2.05) is 20.8 Å². The summed E-state index contributed by atoms with van der Waals surface area (Å²) in [7, 11) is 0. The van der Waals surface area contributed by atoms with E-state index in [4.69, 9.17) is 0 Å². The summed E-state index contributed by atoms with van der Waals surface area (Å²) in [4.78, 5) is 5.82. The van der Waals surface area contributed by atoms with Crippen molar-refractivity contribution in [3.63, 3.8) is 0 Å². The summed E-state index contributed by atoms with van der Waals surface area (Å²) in [5.41, 5.74) is 1.49. The summed E-state index contributed by atoms with van der Waals surface area (Å²) >= 11 is 1.69. The molecule has 5 heteroatoms. The second kappa shape index (κ2) is 6.65. The molecule has 0 spiro atoms. The van der Waals surface area contributed by atoms with Crippen molar-refractivity contribution < 1.29 is 8.78 Å². The minimum absolute atomic E-state index is 0.0160. The number of nitrogens with zero attached hydrogens (tertiary/aromatic N) is 1. The highest BCUT2D eigenvalue weighted by Crippen LogP contribution is 2.33. The maximum absolute atomic E-state index is 13.9. The fourth-order valence-corrected chi connectivity index (χ4v) is 3.66. The molecule has 0 amide bonds. The van der Waals surface area contributed by atoms with Crippen LogP contribution in [0.5, 0.6) is 0 Å². The van der Waals surface area contributed by atoms with Crippen LogP contribution >= 0.6 is 11.3 Å². The lowest BCUT2D eigenvalue weighted by atomic mass is 9.98. The summed E-state index contributed by atoms with van der Waals surface area (Å²) in [5.74, 6) is -1.08. The van der Waals surface area contributed by atoms with Gasteiger partial charge in [-0.1, -0.05) is 26.8 Å². The lowest BCUT2D eigenvalue weighted by molar-refractivity contribution is 0.473. The minimum Gasteiger partial charge on any atom is -0.303 e. The Labute approximate surface area is 141 Å². The molecule has 2 atom stereocenters. The summed E-state index contributed by atoms with van der Waals surface area (Å²) < 4.78 is 26.9. The van der Waals surface area contributed by atoms with Gasteiger partial charge in [0.2, 0.25) is 0 Å². The van der Waals surface area contributed by atoms with Gasteiger partial charge in [-0.05, 0) is 26.8 Å². The van der Waals surface area contributed by atoms with Crippen molar-refractivity contribution in [1.29, 1.82) is 0 Å². The molecule has 1 heterocycles. The molecule has 0 fully saturated rings. The zero-order chi connectivity index (χ0) is 17.4. The van der Waals surface area contributed by atoms with Gasteiger partial charge in [0.05, 0.1) is 10.7 Å². The first-order valence-corrected chi connectivity index (χ1v) is 8.60. The molecule has 0 radical (unpaired) electrons. The van der Waals surface area contributed by atoms with Crippen LogP contribution in [0.3, 0.4) is 0 Å². The average Bonchev–Trinajstić information content (AvgIpc) is 2.80. The highest BCUT2D eigenvalue weighted by Gasteiger charge is 2.23. The standard InChI is InChI=1S/C18H24F2N2S/c1-10(14-8-7-13(19)9-15(14)20)21-11(2)16-12(3)22-17(23-16)18(4,5)6/h7-11,21H,1-6H3. The summed E-state index contributed by atoms with van der Waals surface area (Å²) in [6, 6.07) is 3.54. The fourth-order valence-electron chi connectivity index (χ4n) is 2.52. The molecule has 2 aromatic rings. The Bertz CT molecular complexity index is 689. The molecule has 2 nitrogen and oxygen atoms in total. The molecule has 2 unspecified atom stereocenters. The molecule has 0 aliphatic carbocycles. The highest BCUT2D eigenvalue weighted by molar-refractivity contribution is 7.12. The first kappa shape index (κ1) is 18.0. The maximum atomic E-state index is 13.9. The van der Waals surface area contributed by atoms with E-state index in [1.54, 1.807) is 11.3 Å². The molecule has 1 N–H and O–H groups in total. The van der Waals surface area contributed by atoms with Gasteiger partial charge in [0.25, 0.3) is 0 Å². The third-order valence-electron chi connectivity index (χ3n) is 3.80. The number of thiazole rings is 1. The number of aromatic nitrogens is 1. The fraction of sp³-hybridized carbons (Fsp3) is 0.500. The lowest BCUT2D eigenvalue weighted by Crippen LogP contribution is -2.23. The number of hydrogen-bond acceptors (Lipinski definition) is 3. The van der Waals surface area contributed by atoms with Crippen molar-refractivity contribution in [2.24, 2.45) is 0 Å². The Kier molecular flexibility index (Phi) is 5.21. The van der Waals surface area contributed by atoms with Gasteiger partial charge in [-0.2, -0.15) is 0 Å². The van der Waals surface area contributed by atoms with E-state index in [0.717, 1.165) is 21.6 Å². The number of nitrogens with one attached hydrogen (secondary N) is 1. The monoisotopic (exact) mass is 338 g/mol. The van der Waals surface area contributed by atoms with Gasteiger partial charge < -0.3 is 5.32 Å². The predicted molar refractivity (Wildman–Crippen MR) is 91.9 cm³/mol. The van der Waals surface area contributed by atoms with Crippen molar-refractivity contribution in [2.45, 2.75) is 59.0 Å². The number of benzene rings is 1. The summed E-state index contributed by atoms with van der Waals surface area (Å²) in [6.45, 7) is 12.4. The van der Waals surface area contributed by atoms with Crippen LogP contribution in [0.25, 0.3) is 0 Å². The molecule has 0 saturated carbocycles. The van der Waals surface area contributed by atoms with E-state index in [1.165, 1.54) is 12.1 Å². The third-order valence-corrected chi connectivity index (χ3v) is 5.56. The van der Waals surface area contributed by atoms with Crippen molar-refractivity contribution in [3.05, 3.63) is 51.0 Å². The van der Waals surface area contributed by atoms with E-state index in [0.29, 0.717) is 5.56 Å². The number of rotatable bonds is 4.